The van der Waals surface area contributed by atoms with Crippen LogP contribution in [0.3, 0.4) is 0 Å². The zero-order valence-electron chi connectivity index (χ0n) is 19.1. The van der Waals surface area contributed by atoms with Gasteiger partial charge in [0.2, 0.25) is 0 Å². The van der Waals surface area contributed by atoms with Crippen LogP contribution < -0.4 is 14.8 Å². The van der Waals surface area contributed by atoms with E-state index in [0.29, 0.717) is 41.4 Å². The minimum Gasteiger partial charge on any atom is -0.490 e. The zero-order valence-corrected chi connectivity index (χ0v) is 19.1. The van der Waals surface area contributed by atoms with Crippen molar-refractivity contribution in [2.75, 3.05) is 25.0 Å². The number of nitrogens with zero attached hydrogens (tertiary/aromatic N) is 4. The van der Waals surface area contributed by atoms with Crippen molar-refractivity contribution in [2.24, 2.45) is 0 Å². The van der Waals surface area contributed by atoms with E-state index in [-0.39, 0.29) is 30.7 Å². The normalized spacial score (nSPS) is 19.4. The van der Waals surface area contributed by atoms with Gasteiger partial charge in [0, 0.05) is 36.5 Å². The number of anilines is 1. The minimum atomic E-state index is -2.38. The highest BCUT2D eigenvalue weighted by molar-refractivity contribution is 6.08. The summed E-state index contributed by atoms with van der Waals surface area (Å²) in [6.07, 6.45) is 4.74. The summed E-state index contributed by atoms with van der Waals surface area (Å²) < 4.78 is 39.6. The lowest BCUT2D eigenvalue weighted by atomic mass is 10.0. The average Bonchev–Trinajstić information content (AvgIpc) is 3.47. The topological polar surface area (TPSA) is 81.0 Å². The standard InChI is InChI=1S/C24H27F2N5O3/c1-24(2)11-15-9-18(29-23(32)17-12-28-31-8-4-6-27-22(17)31)20(10-19(15)34-24)33-14-16-5-3-7-30(16)13-21(25)26/h4,6,8-10,12,16,21H,3,5,7,11,13-14H2,1-2H3,(H,29,32)/t16-/m1/s1. The molecule has 1 amide bonds. The van der Waals surface area contributed by atoms with E-state index in [4.69, 9.17) is 9.47 Å². The molecule has 1 N–H and O–H groups in total. The number of carbonyl (C=O) groups excluding carboxylic acids is 1. The number of aromatic nitrogens is 3. The summed E-state index contributed by atoms with van der Waals surface area (Å²) in [5, 5.41) is 7.11. The van der Waals surface area contributed by atoms with E-state index in [0.717, 1.165) is 18.4 Å². The van der Waals surface area contributed by atoms with Gasteiger partial charge in [-0.25, -0.2) is 18.3 Å². The molecule has 180 valence electrons. The molecule has 0 bridgehead atoms. The second-order valence-electron chi connectivity index (χ2n) is 9.39. The van der Waals surface area contributed by atoms with Gasteiger partial charge in [-0.2, -0.15) is 5.10 Å². The number of hydrogen-bond acceptors (Lipinski definition) is 6. The Morgan fingerprint density at radius 2 is 2.24 bits per heavy atom. The maximum Gasteiger partial charge on any atom is 0.261 e. The summed E-state index contributed by atoms with van der Waals surface area (Å²) in [5.74, 6) is 0.779. The number of likely N-dealkylation sites (tertiary alicyclic amines) is 1. The molecule has 0 saturated carbocycles. The summed E-state index contributed by atoms with van der Waals surface area (Å²) >= 11 is 0. The number of carbonyl (C=O) groups is 1. The molecule has 4 heterocycles. The Labute approximate surface area is 195 Å². The van der Waals surface area contributed by atoms with E-state index < -0.39 is 6.43 Å². The molecule has 1 aromatic carbocycles. The predicted molar refractivity (Wildman–Crippen MR) is 122 cm³/mol. The predicted octanol–water partition coefficient (Wildman–Crippen LogP) is 3.80. The van der Waals surface area contributed by atoms with E-state index in [1.807, 2.05) is 19.9 Å². The number of ether oxygens (including phenoxy) is 2. The maximum atomic E-state index is 13.1. The molecule has 5 rings (SSSR count). The highest BCUT2D eigenvalue weighted by Gasteiger charge is 2.32. The largest absolute Gasteiger partial charge is 0.490 e. The summed E-state index contributed by atoms with van der Waals surface area (Å²) in [7, 11) is 0. The van der Waals surface area contributed by atoms with Crippen molar-refractivity contribution in [1.82, 2.24) is 19.5 Å². The highest BCUT2D eigenvalue weighted by atomic mass is 19.3. The van der Waals surface area contributed by atoms with Gasteiger partial charge in [0.05, 0.1) is 18.4 Å². The Bertz CT molecular complexity index is 1210. The van der Waals surface area contributed by atoms with Gasteiger partial charge in [-0.3, -0.25) is 9.69 Å². The number of amides is 1. The van der Waals surface area contributed by atoms with Gasteiger partial charge in [0.1, 0.15) is 29.3 Å². The Morgan fingerprint density at radius 3 is 3.06 bits per heavy atom. The van der Waals surface area contributed by atoms with Gasteiger partial charge in [-0.05, 0) is 45.4 Å². The van der Waals surface area contributed by atoms with E-state index >= 15 is 0 Å². The zero-order chi connectivity index (χ0) is 23.9. The van der Waals surface area contributed by atoms with Gasteiger partial charge in [-0.1, -0.05) is 0 Å². The molecule has 34 heavy (non-hydrogen) atoms. The molecule has 2 aliphatic rings. The Morgan fingerprint density at radius 1 is 1.38 bits per heavy atom. The Hall–Kier alpha value is -3.27. The molecule has 0 radical (unpaired) electrons. The molecule has 0 spiro atoms. The van der Waals surface area contributed by atoms with Crippen LogP contribution in [0.2, 0.25) is 0 Å². The molecule has 10 heteroatoms. The second kappa shape index (κ2) is 8.83. The molecule has 0 unspecified atom stereocenters. The van der Waals surface area contributed by atoms with Crippen molar-refractivity contribution in [1.29, 1.82) is 0 Å². The smallest absolute Gasteiger partial charge is 0.261 e. The van der Waals surface area contributed by atoms with Crippen LogP contribution in [0.5, 0.6) is 11.5 Å². The van der Waals surface area contributed by atoms with E-state index in [9.17, 15) is 13.6 Å². The molecule has 1 fully saturated rings. The number of nitrogens with one attached hydrogen (secondary N) is 1. The number of alkyl halides is 2. The minimum absolute atomic E-state index is 0.105. The van der Waals surface area contributed by atoms with Gasteiger partial charge in [-0.15, -0.1) is 0 Å². The van der Waals surface area contributed by atoms with Gasteiger partial charge in [0.25, 0.3) is 12.3 Å². The van der Waals surface area contributed by atoms with Crippen molar-refractivity contribution in [3.63, 3.8) is 0 Å². The summed E-state index contributed by atoms with van der Waals surface area (Å²) in [5.41, 5.74) is 1.88. The van der Waals surface area contributed by atoms with Crippen LogP contribution in [0.15, 0.2) is 36.8 Å². The number of benzene rings is 1. The SMILES string of the molecule is CC1(C)Cc2cc(NC(=O)c3cnn4cccnc34)c(OC[C@H]3CCCN3CC(F)F)cc2O1. The summed E-state index contributed by atoms with van der Waals surface area (Å²) in [4.78, 5) is 19.1. The second-order valence-corrected chi connectivity index (χ2v) is 9.39. The third kappa shape index (κ3) is 4.54. The maximum absolute atomic E-state index is 13.1. The lowest BCUT2D eigenvalue weighted by Crippen LogP contribution is -2.37. The average molecular weight is 472 g/mol. The molecule has 0 aliphatic carbocycles. The van der Waals surface area contributed by atoms with Crippen LogP contribution in [-0.2, 0) is 6.42 Å². The first-order chi connectivity index (χ1) is 16.3. The number of hydrogen-bond donors (Lipinski definition) is 1. The van der Waals surface area contributed by atoms with E-state index in [2.05, 4.69) is 15.4 Å². The Balaban J connectivity index is 1.40. The van der Waals surface area contributed by atoms with E-state index in [1.54, 1.807) is 29.4 Å². The van der Waals surface area contributed by atoms with Crippen molar-refractivity contribution in [3.05, 3.63) is 47.9 Å². The van der Waals surface area contributed by atoms with Crippen LogP contribution in [0, 0.1) is 0 Å². The molecule has 2 aliphatic heterocycles. The molecule has 2 aromatic heterocycles. The molecule has 8 nitrogen and oxygen atoms in total. The lowest BCUT2D eigenvalue weighted by Gasteiger charge is -2.24. The molecule has 3 aromatic rings. The van der Waals surface area contributed by atoms with Gasteiger partial charge < -0.3 is 14.8 Å². The summed E-state index contributed by atoms with van der Waals surface area (Å²) in [6.45, 7) is 4.61. The first kappa shape index (κ1) is 22.5. The molecular formula is C24H27F2N5O3. The fourth-order valence-electron chi connectivity index (χ4n) is 4.71. The van der Waals surface area contributed by atoms with Gasteiger partial charge >= 0.3 is 0 Å². The lowest BCUT2D eigenvalue weighted by molar-refractivity contribution is 0.0696. The van der Waals surface area contributed by atoms with Gasteiger partial charge in [0.15, 0.2) is 5.65 Å². The monoisotopic (exact) mass is 471 g/mol. The quantitative estimate of drug-likeness (QED) is 0.565. The van der Waals surface area contributed by atoms with E-state index in [1.165, 1.54) is 10.7 Å². The van der Waals surface area contributed by atoms with Crippen LogP contribution >= 0.6 is 0 Å². The third-order valence-corrected chi connectivity index (χ3v) is 6.24. The number of halogens is 2. The molecular weight excluding hydrogens is 444 g/mol. The van der Waals surface area contributed by atoms with Crippen molar-refractivity contribution >= 4 is 17.2 Å². The number of fused-ring (bicyclic) bond motifs is 2. The van der Waals surface area contributed by atoms with Crippen LogP contribution in [-0.4, -0.2) is 63.2 Å². The van der Waals surface area contributed by atoms with Crippen molar-refractivity contribution in [3.8, 4) is 11.5 Å². The first-order valence-electron chi connectivity index (χ1n) is 11.4. The van der Waals surface area contributed by atoms with Crippen LogP contribution in [0.4, 0.5) is 14.5 Å². The Kier molecular flexibility index (Phi) is 5.85. The van der Waals surface area contributed by atoms with Crippen LogP contribution in [0.25, 0.3) is 5.65 Å². The molecule has 1 saturated heterocycles. The summed E-state index contributed by atoms with van der Waals surface area (Å²) in [6, 6.07) is 5.27. The fourth-order valence-corrected chi connectivity index (χ4v) is 4.71. The van der Waals surface area contributed by atoms with Crippen LogP contribution in [0.1, 0.15) is 42.6 Å². The van der Waals surface area contributed by atoms with Crippen molar-refractivity contribution < 1.29 is 23.0 Å². The first-order valence-corrected chi connectivity index (χ1v) is 11.4. The number of rotatable bonds is 7. The van der Waals surface area contributed by atoms with Crippen molar-refractivity contribution in [2.45, 2.75) is 51.2 Å². The molecule has 1 atom stereocenters. The highest BCUT2D eigenvalue weighted by Crippen LogP contribution is 2.41. The third-order valence-electron chi connectivity index (χ3n) is 6.24. The fraction of sp³-hybridized carbons (Fsp3) is 0.458.